The largest absolute Gasteiger partial charge is 0.336 e. The Balaban J connectivity index is 1.54. The van der Waals surface area contributed by atoms with E-state index < -0.39 is 0 Å². The first-order chi connectivity index (χ1) is 12.6. The molecule has 138 valence electrons. The predicted octanol–water partition coefficient (Wildman–Crippen LogP) is 4.19. The van der Waals surface area contributed by atoms with Crippen LogP contribution in [-0.2, 0) is 6.42 Å². The summed E-state index contributed by atoms with van der Waals surface area (Å²) in [5.74, 6) is 0.177. The molecule has 0 aromatic heterocycles. The van der Waals surface area contributed by atoms with Crippen LogP contribution >= 0.6 is 11.8 Å². The third kappa shape index (κ3) is 5.12. The molecule has 3 rings (SSSR count). The van der Waals surface area contributed by atoms with Gasteiger partial charge in [-0.1, -0.05) is 56.3 Å². The van der Waals surface area contributed by atoms with Crippen molar-refractivity contribution in [1.82, 2.24) is 9.80 Å². The quantitative estimate of drug-likeness (QED) is 0.715. The van der Waals surface area contributed by atoms with Gasteiger partial charge in [-0.25, -0.2) is 0 Å². The Morgan fingerprint density at radius 3 is 2.31 bits per heavy atom. The topological polar surface area (TPSA) is 23.6 Å². The molecule has 2 aromatic rings. The van der Waals surface area contributed by atoms with E-state index in [1.54, 1.807) is 11.8 Å². The van der Waals surface area contributed by atoms with Crippen molar-refractivity contribution in [2.75, 3.05) is 32.7 Å². The summed E-state index contributed by atoms with van der Waals surface area (Å²) in [5, 5.41) is 0.471. The van der Waals surface area contributed by atoms with E-state index in [4.69, 9.17) is 0 Å². The molecule has 1 heterocycles. The summed E-state index contributed by atoms with van der Waals surface area (Å²) in [6.07, 6.45) is 1.07. The van der Waals surface area contributed by atoms with Gasteiger partial charge in [0.2, 0.25) is 0 Å². The number of carbonyl (C=O) groups is 1. The van der Waals surface area contributed by atoms with Crippen molar-refractivity contribution >= 4 is 17.7 Å². The lowest BCUT2D eigenvalue weighted by Crippen LogP contribution is -2.49. The number of benzene rings is 2. The lowest BCUT2D eigenvalue weighted by atomic mass is 10.1. The highest BCUT2D eigenvalue weighted by Gasteiger charge is 2.23. The highest BCUT2D eigenvalue weighted by Crippen LogP contribution is 2.27. The van der Waals surface area contributed by atoms with E-state index in [9.17, 15) is 4.79 Å². The summed E-state index contributed by atoms with van der Waals surface area (Å²) in [6, 6.07) is 18.6. The van der Waals surface area contributed by atoms with E-state index >= 15 is 0 Å². The lowest BCUT2D eigenvalue weighted by Gasteiger charge is -2.35. The normalized spacial score (nSPS) is 15.4. The molecular weight excluding hydrogens is 340 g/mol. The number of rotatable bonds is 6. The van der Waals surface area contributed by atoms with Crippen molar-refractivity contribution < 1.29 is 4.79 Å². The van der Waals surface area contributed by atoms with Crippen LogP contribution in [-0.4, -0.2) is 53.7 Å². The molecule has 1 saturated heterocycles. The molecule has 0 unspecified atom stereocenters. The van der Waals surface area contributed by atoms with E-state index in [-0.39, 0.29) is 5.91 Å². The molecule has 3 nitrogen and oxygen atoms in total. The Kier molecular flexibility index (Phi) is 6.75. The second-order valence-electron chi connectivity index (χ2n) is 7.03. The molecule has 4 heteroatoms. The Labute approximate surface area is 161 Å². The fourth-order valence-corrected chi connectivity index (χ4v) is 4.22. The van der Waals surface area contributed by atoms with Gasteiger partial charge in [0, 0.05) is 42.9 Å². The average Bonchev–Trinajstić information content (AvgIpc) is 2.67. The van der Waals surface area contributed by atoms with E-state index in [0.717, 1.165) is 49.6 Å². The first-order valence-electron chi connectivity index (χ1n) is 9.44. The van der Waals surface area contributed by atoms with E-state index in [1.165, 1.54) is 5.56 Å². The predicted molar refractivity (Wildman–Crippen MR) is 110 cm³/mol. The number of nitrogens with zero attached hydrogens (tertiary/aromatic N) is 2. The van der Waals surface area contributed by atoms with Crippen molar-refractivity contribution in [1.29, 1.82) is 0 Å². The molecule has 0 N–H and O–H groups in total. The molecule has 0 spiro atoms. The molecule has 0 saturated carbocycles. The zero-order valence-corrected chi connectivity index (χ0v) is 16.5. The van der Waals surface area contributed by atoms with Gasteiger partial charge in [0.25, 0.3) is 5.91 Å². The minimum absolute atomic E-state index is 0.177. The van der Waals surface area contributed by atoms with Gasteiger partial charge in [-0.2, -0.15) is 0 Å². The van der Waals surface area contributed by atoms with Crippen molar-refractivity contribution in [3.63, 3.8) is 0 Å². The first-order valence-corrected chi connectivity index (χ1v) is 10.3. The monoisotopic (exact) mass is 368 g/mol. The Hall–Kier alpha value is -1.78. The van der Waals surface area contributed by atoms with Crippen LogP contribution in [0.5, 0.6) is 0 Å². The lowest BCUT2D eigenvalue weighted by molar-refractivity contribution is 0.0635. The van der Waals surface area contributed by atoms with Crippen LogP contribution in [0.25, 0.3) is 0 Å². The number of hydrogen-bond acceptors (Lipinski definition) is 3. The summed E-state index contributed by atoms with van der Waals surface area (Å²) in [7, 11) is 0. The van der Waals surface area contributed by atoms with E-state index in [2.05, 4.69) is 55.1 Å². The van der Waals surface area contributed by atoms with Crippen LogP contribution in [0.15, 0.2) is 59.5 Å². The second kappa shape index (κ2) is 9.24. The van der Waals surface area contributed by atoms with Gasteiger partial charge in [-0.3, -0.25) is 9.69 Å². The van der Waals surface area contributed by atoms with Gasteiger partial charge in [-0.15, -0.1) is 11.8 Å². The number of hydrogen-bond donors (Lipinski definition) is 0. The molecular formula is C22H28N2OS. The zero-order chi connectivity index (χ0) is 18.4. The van der Waals surface area contributed by atoms with E-state index in [0.29, 0.717) is 5.25 Å². The first kappa shape index (κ1) is 19.0. The minimum Gasteiger partial charge on any atom is -0.336 e. The SMILES string of the molecule is CC(C)Sc1ccccc1C(=O)N1CCN(CCc2ccccc2)CC1. The van der Waals surface area contributed by atoms with Crippen LogP contribution in [0, 0.1) is 0 Å². The van der Waals surface area contributed by atoms with Crippen LogP contribution in [0.4, 0.5) is 0 Å². The van der Waals surface area contributed by atoms with Crippen LogP contribution in [0.3, 0.4) is 0 Å². The smallest absolute Gasteiger partial charge is 0.255 e. The molecule has 1 aliphatic heterocycles. The maximum atomic E-state index is 13.0. The van der Waals surface area contributed by atoms with Gasteiger partial charge >= 0.3 is 0 Å². The Morgan fingerprint density at radius 2 is 1.62 bits per heavy atom. The zero-order valence-electron chi connectivity index (χ0n) is 15.7. The molecule has 1 fully saturated rings. The summed E-state index contributed by atoms with van der Waals surface area (Å²) in [5.41, 5.74) is 2.23. The summed E-state index contributed by atoms with van der Waals surface area (Å²) >= 11 is 1.77. The molecule has 0 atom stereocenters. The van der Waals surface area contributed by atoms with Crippen LogP contribution < -0.4 is 0 Å². The second-order valence-corrected chi connectivity index (χ2v) is 8.65. The third-order valence-corrected chi connectivity index (χ3v) is 5.78. The number of thioether (sulfide) groups is 1. The summed E-state index contributed by atoms with van der Waals surface area (Å²) in [6.45, 7) is 8.93. The Morgan fingerprint density at radius 1 is 0.962 bits per heavy atom. The van der Waals surface area contributed by atoms with E-state index in [1.807, 2.05) is 23.1 Å². The van der Waals surface area contributed by atoms with Crippen LogP contribution in [0.2, 0.25) is 0 Å². The fraction of sp³-hybridized carbons (Fsp3) is 0.409. The molecule has 1 amide bonds. The fourth-order valence-electron chi connectivity index (χ4n) is 3.28. The standard InChI is InChI=1S/C22H28N2OS/c1-18(2)26-21-11-7-6-10-20(21)22(25)24-16-14-23(15-17-24)13-12-19-8-4-3-5-9-19/h3-11,18H,12-17H2,1-2H3. The van der Waals surface area contributed by atoms with Gasteiger partial charge < -0.3 is 4.90 Å². The van der Waals surface area contributed by atoms with Crippen molar-refractivity contribution in [3.8, 4) is 0 Å². The number of piperazine rings is 1. The molecule has 2 aromatic carbocycles. The number of carbonyl (C=O) groups excluding carboxylic acids is 1. The maximum absolute atomic E-state index is 13.0. The highest BCUT2D eigenvalue weighted by atomic mass is 32.2. The van der Waals surface area contributed by atoms with Gasteiger partial charge in [0.15, 0.2) is 0 Å². The average molecular weight is 369 g/mol. The van der Waals surface area contributed by atoms with Crippen molar-refractivity contribution in [3.05, 3.63) is 65.7 Å². The molecule has 26 heavy (non-hydrogen) atoms. The molecule has 0 aliphatic carbocycles. The summed E-state index contributed by atoms with van der Waals surface area (Å²) < 4.78 is 0. The molecule has 0 radical (unpaired) electrons. The van der Waals surface area contributed by atoms with Gasteiger partial charge in [-0.05, 0) is 24.1 Å². The van der Waals surface area contributed by atoms with Gasteiger partial charge in [0.05, 0.1) is 5.56 Å². The number of amides is 1. The Bertz CT molecular complexity index is 709. The summed E-state index contributed by atoms with van der Waals surface area (Å²) in [4.78, 5) is 18.6. The van der Waals surface area contributed by atoms with Crippen molar-refractivity contribution in [2.45, 2.75) is 30.4 Å². The molecule has 0 bridgehead atoms. The highest BCUT2D eigenvalue weighted by molar-refractivity contribution is 8.00. The van der Waals surface area contributed by atoms with Gasteiger partial charge in [0.1, 0.15) is 0 Å². The molecule has 1 aliphatic rings. The maximum Gasteiger partial charge on any atom is 0.255 e. The van der Waals surface area contributed by atoms with Crippen LogP contribution in [0.1, 0.15) is 29.8 Å². The third-order valence-electron chi connectivity index (χ3n) is 4.70. The van der Waals surface area contributed by atoms with Crippen molar-refractivity contribution in [2.24, 2.45) is 0 Å². The minimum atomic E-state index is 0.177.